The van der Waals surface area contributed by atoms with E-state index in [4.69, 9.17) is 0 Å². The summed E-state index contributed by atoms with van der Waals surface area (Å²) < 4.78 is 24.5. The van der Waals surface area contributed by atoms with Crippen LogP contribution < -0.4 is 0 Å². The van der Waals surface area contributed by atoms with Crippen LogP contribution in [0.1, 0.15) is 11.1 Å². The highest BCUT2D eigenvalue weighted by molar-refractivity contribution is 5.26. The molecule has 1 rings (SSSR count). The van der Waals surface area contributed by atoms with Gasteiger partial charge in [0.25, 0.3) is 0 Å². The predicted octanol–water partition coefficient (Wildman–Crippen LogP) is 2.85. The molecule has 1 unspecified atom stereocenters. The van der Waals surface area contributed by atoms with Crippen LogP contribution in [0.2, 0.25) is 0 Å². The summed E-state index contributed by atoms with van der Waals surface area (Å²) >= 11 is 0. The smallest absolute Gasteiger partial charge is 0.132 e. The minimum absolute atomic E-state index is 0.184. The summed E-state index contributed by atoms with van der Waals surface area (Å²) in [5.41, 5.74) is 1.91. The Morgan fingerprint density at radius 2 is 2.00 bits per heavy atom. The zero-order chi connectivity index (χ0) is 8.97. The van der Waals surface area contributed by atoms with Crippen molar-refractivity contribution < 1.29 is 8.78 Å². The Labute approximate surface area is 71.2 Å². The van der Waals surface area contributed by atoms with E-state index in [1.54, 1.807) is 0 Å². The molecule has 0 spiro atoms. The van der Waals surface area contributed by atoms with Crippen molar-refractivity contribution in [2.24, 2.45) is 0 Å². The van der Waals surface area contributed by atoms with Crippen LogP contribution in [0, 0.1) is 6.92 Å². The lowest BCUT2D eigenvalue weighted by Gasteiger charge is -2.06. The largest absolute Gasteiger partial charge is 0.248 e. The van der Waals surface area contributed by atoms with Crippen LogP contribution >= 0.6 is 0 Å². The molecular weight excluding hydrogens is 158 g/mol. The standard InChI is InChI=1S/C10H12F2/c1-8-4-2-3-5-9(8)6-10(12)7-11/h2-5,10H,6-7H2,1H3. The molecular formula is C10H12F2. The zero-order valence-corrected chi connectivity index (χ0v) is 7.06. The average molecular weight is 170 g/mol. The number of hydrogen-bond acceptors (Lipinski definition) is 0. The summed E-state index contributed by atoms with van der Waals surface area (Å²) in [5.74, 6) is 0. The molecule has 0 aliphatic heterocycles. The van der Waals surface area contributed by atoms with Crippen LogP contribution in [0.15, 0.2) is 24.3 Å². The van der Waals surface area contributed by atoms with Gasteiger partial charge in [0.2, 0.25) is 0 Å². The molecule has 0 radical (unpaired) electrons. The van der Waals surface area contributed by atoms with Gasteiger partial charge in [-0.15, -0.1) is 0 Å². The minimum atomic E-state index is -1.36. The van der Waals surface area contributed by atoms with E-state index in [0.717, 1.165) is 11.1 Å². The SMILES string of the molecule is Cc1ccccc1CC(F)CF. The Hall–Kier alpha value is -0.920. The van der Waals surface area contributed by atoms with Crippen LogP contribution in [-0.4, -0.2) is 12.8 Å². The molecule has 0 fully saturated rings. The van der Waals surface area contributed by atoms with E-state index >= 15 is 0 Å². The van der Waals surface area contributed by atoms with Gasteiger partial charge < -0.3 is 0 Å². The van der Waals surface area contributed by atoms with Gasteiger partial charge in [-0.25, -0.2) is 8.78 Å². The first-order valence-corrected chi connectivity index (χ1v) is 3.98. The normalized spacial score (nSPS) is 12.9. The molecule has 0 nitrogen and oxygen atoms in total. The molecule has 1 aromatic rings. The van der Waals surface area contributed by atoms with Gasteiger partial charge in [0.05, 0.1) is 0 Å². The quantitative estimate of drug-likeness (QED) is 0.654. The Balaban J connectivity index is 2.69. The molecule has 0 aliphatic carbocycles. The number of alkyl halides is 2. The number of aryl methyl sites for hydroxylation is 1. The second kappa shape index (κ2) is 4.19. The minimum Gasteiger partial charge on any atom is -0.248 e. The molecule has 66 valence electrons. The maximum absolute atomic E-state index is 12.6. The topological polar surface area (TPSA) is 0 Å². The maximum atomic E-state index is 12.6. The Bertz CT molecular complexity index is 245. The van der Waals surface area contributed by atoms with Crippen molar-refractivity contribution in [1.82, 2.24) is 0 Å². The summed E-state index contributed by atoms with van der Waals surface area (Å²) in [6.07, 6.45) is -1.17. The third-order valence-electron chi connectivity index (χ3n) is 1.87. The molecule has 2 heteroatoms. The molecule has 0 aliphatic rings. The molecule has 12 heavy (non-hydrogen) atoms. The highest BCUT2D eigenvalue weighted by Crippen LogP contribution is 2.11. The summed E-state index contributed by atoms with van der Waals surface area (Å²) in [7, 11) is 0. The van der Waals surface area contributed by atoms with Crippen molar-refractivity contribution >= 4 is 0 Å². The fraction of sp³-hybridized carbons (Fsp3) is 0.400. The molecule has 0 bridgehead atoms. The van der Waals surface area contributed by atoms with Crippen LogP contribution in [0.4, 0.5) is 8.78 Å². The fourth-order valence-corrected chi connectivity index (χ4v) is 1.13. The Kier molecular flexibility index (Phi) is 3.20. The molecule has 0 amide bonds. The number of rotatable bonds is 3. The Morgan fingerprint density at radius 3 is 2.58 bits per heavy atom. The van der Waals surface area contributed by atoms with Crippen molar-refractivity contribution in [1.29, 1.82) is 0 Å². The monoisotopic (exact) mass is 170 g/mol. The third kappa shape index (κ3) is 2.29. The average Bonchev–Trinajstić information content (AvgIpc) is 2.09. The van der Waals surface area contributed by atoms with Crippen LogP contribution in [-0.2, 0) is 6.42 Å². The van der Waals surface area contributed by atoms with Crippen molar-refractivity contribution in [3.05, 3.63) is 35.4 Å². The fourth-order valence-electron chi connectivity index (χ4n) is 1.13. The lowest BCUT2D eigenvalue weighted by Crippen LogP contribution is -2.07. The summed E-state index contributed by atoms with van der Waals surface area (Å²) in [6.45, 7) is 1.01. The summed E-state index contributed by atoms with van der Waals surface area (Å²) in [5, 5.41) is 0. The van der Waals surface area contributed by atoms with Gasteiger partial charge >= 0.3 is 0 Å². The number of benzene rings is 1. The van der Waals surface area contributed by atoms with E-state index in [2.05, 4.69) is 0 Å². The van der Waals surface area contributed by atoms with Crippen molar-refractivity contribution in [3.63, 3.8) is 0 Å². The lowest BCUT2D eigenvalue weighted by atomic mass is 10.0. The van der Waals surface area contributed by atoms with Gasteiger partial charge in [0, 0.05) is 6.42 Å². The van der Waals surface area contributed by atoms with E-state index in [-0.39, 0.29) is 6.42 Å². The van der Waals surface area contributed by atoms with E-state index in [1.165, 1.54) is 0 Å². The van der Waals surface area contributed by atoms with Gasteiger partial charge in [-0.2, -0.15) is 0 Å². The lowest BCUT2D eigenvalue weighted by molar-refractivity contribution is 0.259. The van der Waals surface area contributed by atoms with Crippen LogP contribution in [0.5, 0.6) is 0 Å². The number of hydrogen-bond donors (Lipinski definition) is 0. The predicted molar refractivity (Wildman–Crippen MR) is 45.8 cm³/mol. The third-order valence-corrected chi connectivity index (χ3v) is 1.87. The second-order valence-electron chi connectivity index (χ2n) is 2.88. The van der Waals surface area contributed by atoms with Gasteiger partial charge in [-0.1, -0.05) is 24.3 Å². The van der Waals surface area contributed by atoms with Gasteiger partial charge in [-0.05, 0) is 18.1 Å². The molecule has 0 saturated carbocycles. The van der Waals surface area contributed by atoms with E-state index < -0.39 is 12.8 Å². The maximum Gasteiger partial charge on any atom is 0.132 e. The zero-order valence-electron chi connectivity index (χ0n) is 7.06. The van der Waals surface area contributed by atoms with E-state index in [0.29, 0.717) is 0 Å². The van der Waals surface area contributed by atoms with E-state index in [9.17, 15) is 8.78 Å². The first-order chi connectivity index (χ1) is 5.74. The van der Waals surface area contributed by atoms with E-state index in [1.807, 2.05) is 31.2 Å². The molecule has 1 atom stereocenters. The van der Waals surface area contributed by atoms with Crippen molar-refractivity contribution in [3.8, 4) is 0 Å². The van der Waals surface area contributed by atoms with Crippen molar-refractivity contribution in [2.45, 2.75) is 19.5 Å². The van der Waals surface area contributed by atoms with Gasteiger partial charge in [-0.3, -0.25) is 0 Å². The second-order valence-corrected chi connectivity index (χ2v) is 2.88. The first-order valence-electron chi connectivity index (χ1n) is 3.98. The molecule has 0 aromatic heterocycles. The van der Waals surface area contributed by atoms with Crippen molar-refractivity contribution in [2.75, 3.05) is 6.67 Å². The highest BCUT2D eigenvalue weighted by atomic mass is 19.2. The summed E-state index contributed by atoms with van der Waals surface area (Å²) in [4.78, 5) is 0. The molecule has 0 heterocycles. The highest BCUT2D eigenvalue weighted by Gasteiger charge is 2.07. The molecule has 0 N–H and O–H groups in total. The molecule has 1 aromatic carbocycles. The Morgan fingerprint density at radius 1 is 1.33 bits per heavy atom. The van der Waals surface area contributed by atoms with Gasteiger partial charge in [0.1, 0.15) is 12.8 Å². The first kappa shape index (κ1) is 9.17. The molecule has 0 saturated heterocycles. The number of halogens is 2. The summed E-state index contributed by atoms with van der Waals surface area (Å²) in [6, 6.07) is 7.46. The van der Waals surface area contributed by atoms with Gasteiger partial charge in [0.15, 0.2) is 0 Å². The van der Waals surface area contributed by atoms with Crippen LogP contribution in [0.3, 0.4) is 0 Å². The van der Waals surface area contributed by atoms with Crippen LogP contribution in [0.25, 0.3) is 0 Å².